The lowest BCUT2D eigenvalue weighted by Gasteiger charge is -2.29. The van der Waals surface area contributed by atoms with Gasteiger partial charge in [-0.15, -0.1) is 0 Å². The summed E-state index contributed by atoms with van der Waals surface area (Å²) in [7, 11) is 6.23. The lowest BCUT2D eigenvalue weighted by molar-refractivity contribution is -0.114. The van der Waals surface area contributed by atoms with Gasteiger partial charge in [-0.05, 0) is 67.2 Å². The molecule has 6 atom stereocenters. The maximum Gasteiger partial charge on any atom is 0.342 e. The predicted molar refractivity (Wildman–Crippen MR) is 203 cm³/mol. The van der Waals surface area contributed by atoms with Gasteiger partial charge in [0.1, 0.15) is 54.7 Å². The minimum Gasteiger partial charge on any atom is -0.496 e. The fourth-order valence-corrected chi connectivity index (χ4v) is 6.82. The molecule has 2 aromatic carbocycles. The summed E-state index contributed by atoms with van der Waals surface area (Å²) in [6, 6.07) is 11.1. The summed E-state index contributed by atoms with van der Waals surface area (Å²) < 4.78 is 44.0. The van der Waals surface area contributed by atoms with Crippen molar-refractivity contribution in [1.82, 2.24) is 0 Å². The fourth-order valence-electron chi connectivity index (χ4n) is 6.82. The summed E-state index contributed by atoms with van der Waals surface area (Å²) in [4.78, 5) is 37.0. The Labute approximate surface area is 320 Å². The Morgan fingerprint density at radius 1 is 0.759 bits per heavy atom. The topological polar surface area (TPSA) is 145 Å². The van der Waals surface area contributed by atoms with E-state index in [-0.39, 0.29) is 44.7 Å². The van der Waals surface area contributed by atoms with Crippen LogP contribution >= 0.6 is 0 Å². The molecule has 0 fully saturated rings. The van der Waals surface area contributed by atoms with Crippen LogP contribution in [-0.4, -0.2) is 96.4 Å². The standard InChI is InChI=1S/C21H32O6.C21H28O6/c2*1-15-7-4-5-8-16-9-6-10-18(25-3)20(16)21(23)27-17(11-12-22)13-19(15)26-14-24-2/h6,9-10,15,17,19,22H,4-5,7-8,11-14H2,1-3H3;4-6,9-10,12,15,17,19H,7-8,11,13-14H2,1-3H3/b;5-4+/t2*15-,17?,19+/m00/s1. The van der Waals surface area contributed by atoms with Gasteiger partial charge in [-0.2, -0.15) is 0 Å². The second-order valence-electron chi connectivity index (χ2n) is 13.8. The van der Waals surface area contributed by atoms with Gasteiger partial charge in [0.05, 0.1) is 26.4 Å². The molecule has 2 aromatic rings. The summed E-state index contributed by atoms with van der Waals surface area (Å²) in [5.74, 6) is 0.602. The normalized spacial score (nSPS) is 24.5. The van der Waals surface area contributed by atoms with Crippen molar-refractivity contribution in [3.05, 3.63) is 70.8 Å². The Kier molecular flexibility index (Phi) is 20.3. The van der Waals surface area contributed by atoms with Crippen LogP contribution in [0.2, 0.25) is 0 Å². The van der Waals surface area contributed by atoms with Crippen molar-refractivity contribution in [2.45, 2.75) is 102 Å². The number of hydrogen-bond acceptors (Lipinski definition) is 12. The zero-order valence-electron chi connectivity index (χ0n) is 32.8. The molecule has 2 unspecified atom stereocenters. The number of aliphatic hydroxyl groups is 1. The number of hydrogen-bond donors (Lipinski definition) is 1. The van der Waals surface area contributed by atoms with E-state index in [2.05, 4.69) is 19.9 Å². The van der Waals surface area contributed by atoms with Crippen molar-refractivity contribution < 1.29 is 57.4 Å². The van der Waals surface area contributed by atoms with Crippen molar-refractivity contribution in [1.29, 1.82) is 0 Å². The SMILES string of the molecule is COCO[C@@H]1CC(CC=O)OC(=O)c2c(cccc2OC)C/C=C/C[C@@H]1C.COCO[C@@H]1CC(CCO)OC(=O)c2c(cccc2OC)CCCC[C@@H]1C. The Morgan fingerprint density at radius 2 is 1.33 bits per heavy atom. The molecule has 0 spiro atoms. The molecule has 2 aliphatic heterocycles. The molecular weight excluding hydrogens is 696 g/mol. The molecule has 2 aliphatic rings. The Morgan fingerprint density at radius 3 is 1.93 bits per heavy atom. The van der Waals surface area contributed by atoms with Crippen LogP contribution in [0, 0.1) is 11.8 Å². The smallest absolute Gasteiger partial charge is 0.342 e. The molecule has 0 bridgehead atoms. The van der Waals surface area contributed by atoms with Crippen LogP contribution in [0.25, 0.3) is 0 Å². The first-order valence-corrected chi connectivity index (χ1v) is 18.8. The zero-order valence-corrected chi connectivity index (χ0v) is 32.8. The summed E-state index contributed by atoms with van der Waals surface area (Å²) in [6.45, 7) is 4.53. The van der Waals surface area contributed by atoms with E-state index in [1.165, 1.54) is 7.11 Å². The monoisotopic (exact) mass is 756 g/mol. The van der Waals surface area contributed by atoms with Crippen molar-refractivity contribution in [2.24, 2.45) is 11.8 Å². The highest BCUT2D eigenvalue weighted by Crippen LogP contribution is 2.30. The van der Waals surface area contributed by atoms with Crippen LogP contribution in [0.4, 0.5) is 0 Å². The Hall–Kier alpha value is -3.81. The number of aldehydes is 1. The van der Waals surface area contributed by atoms with Gasteiger partial charge < -0.3 is 47.8 Å². The lowest BCUT2D eigenvalue weighted by atomic mass is 9.91. The average Bonchev–Trinajstić information content (AvgIpc) is 3.17. The maximum atomic E-state index is 12.9. The Balaban J connectivity index is 0.000000290. The number of aliphatic hydroxyl groups excluding tert-OH is 1. The fraction of sp³-hybridized carbons (Fsp3) is 0.595. The Bertz CT molecular complexity index is 1460. The first kappa shape index (κ1) is 44.6. The number of rotatable bonds is 12. The van der Waals surface area contributed by atoms with E-state index in [4.69, 9.17) is 37.9 Å². The highest BCUT2D eigenvalue weighted by atomic mass is 16.7. The molecule has 0 radical (unpaired) electrons. The minimum atomic E-state index is -0.569. The summed E-state index contributed by atoms with van der Waals surface area (Å²) in [5.41, 5.74) is 2.68. The molecule has 0 aromatic heterocycles. The van der Waals surface area contributed by atoms with Gasteiger partial charge in [0, 0.05) is 46.5 Å². The molecule has 54 heavy (non-hydrogen) atoms. The molecule has 12 heteroatoms. The number of benzene rings is 2. The van der Waals surface area contributed by atoms with E-state index in [0.29, 0.717) is 54.2 Å². The second-order valence-corrected chi connectivity index (χ2v) is 13.8. The van der Waals surface area contributed by atoms with Crippen LogP contribution in [0.5, 0.6) is 11.5 Å². The van der Waals surface area contributed by atoms with Crippen molar-refractivity contribution >= 4 is 18.2 Å². The molecule has 12 nitrogen and oxygen atoms in total. The number of esters is 2. The van der Waals surface area contributed by atoms with Crippen molar-refractivity contribution in [3.63, 3.8) is 0 Å². The molecule has 4 rings (SSSR count). The summed E-state index contributed by atoms with van der Waals surface area (Å²) >= 11 is 0. The van der Waals surface area contributed by atoms with Gasteiger partial charge in [-0.25, -0.2) is 9.59 Å². The third-order valence-electron chi connectivity index (χ3n) is 9.86. The number of cyclic esters (lactones) is 2. The van der Waals surface area contributed by atoms with Crippen molar-refractivity contribution in [3.8, 4) is 11.5 Å². The van der Waals surface area contributed by atoms with Gasteiger partial charge in [0.25, 0.3) is 0 Å². The molecular formula is C42H60O12. The van der Waals surface area contributed by atoms with E-state index < -0.39 is 24.1 Å². The molecule has 0 saturated heterocycles. The van der Waals surface area contributed by atoms with Gasteiger partial charge in [-0.1, -0.05) is 56.7 Å². The minimum absolute atomic E-state index is 0.0535. The number of methoxy groups -OCH3 is 4. The van der Waals surface area contributed by atoms with E-state index in [9.17, 15) is 19.5 Å². The van der Waals surface area contributed by atoms with E-state index >= 15 is 0 Å². The summed E-state index contributed by atoms with van der Waals surface area (Å²) in [6.07, 6.45) is 10.3. The number of fused-ring (bicyclic) bond motifs is 2. The average molecular weight is 757 g/mol. The predicted octanol–water partition coefficient (Wildman–Crippen LogP) is 6.67. The van der Waals surface area contributed by atoms with Crippen LogP contribution in [0.1, 0.15) is 97.1 Å². The molecule has 0 saturated carbocycles. The molecule has 0 aliphatic carbocycles. The lowest BCUT2D eigenvalue weighted by Crippen LogP contribution is -2.32. The molecule has 1 N–H and O–H groups in total. The van der Waals surface area contributed by atoms with Crippen LogP contribution < -0.4 is 9.47 Å². The van der Waals surface area contributed by atoms with Gasteiger partial charge in [0.2, 0.25) is 0 Å². The number of aryl methyl sites for hydroxylation is 1. The van der Waals surface area contributed by atoms with Gasteiger partial charge in [0.15, 0.2) is 0 Å². The van der Waals surface area contributed by atoms with Gasteiger partial charge in [-0.3, -0.25) is 0 Å². The third-order valence-corrected chi connectivity index (χ3v) is 9.86. The first-order chi connectivity index (χ1) is 26.2. The molecule has 0 amide bonds. The van der Waals surface area contributed by atoms with Crippen LogP contribution in [0.3, 0.4) is 0 Å². The second kappa shape index (κ2) is 24.6. The van der Waals surface area contributed by atoms with E-state index in [1.54, 1.807) is 33.5 Å². The number of ether oxygens (including phenoxy) is 8. The van der Waals surface area contributed by atoms with Crippen LogP contribution in [0.15, 0.2) is 48.6 Å². The molecule has 2 heterocycles. The first-order valence-electron chi connectivity index (χ1n) is 18.8. The summed E-state index contributed by atoms with van der Waals surface area (Å²) in [5, 5.41) is 9.44. The zero-order chi connectivity index (χ0) is 39.3. The largest absolute Gasteiger partial charge is 0.496 e. The number of allylic oxidation sites excluding steroid dienone is 2. The number of carbonyl (C=O) groups excluding carboxylic acids is 3. The quantitative estimate of drug-likeness (QED) is 0.107. The highest BCUT2D eigenvalue weighted by molar-refractivity contribution is 5.95. The van der Waals surface area contributed by atoms with E-state index in [0.717, 1.165) is 49.5 Å². The van der Waals surface area contributed by atoms with E-state index in [1.807, 2.05) is 30.3 Å². The molecule has 300 valence electrons. The van der Waals surface area contributed by atoms with Gasteiger partial charge >= 0.3 is 11.9 Å². The maximum absolute atomic E-state index is 12.9. The highest BCUT2D eigenvalue weighted by Gasteiger charge is 2.29. The third kappa shape index (κ3) is 13.8. The number of carbonyl (C=O) groups is 3. The van der Waals surface area contributed by atoms with Crippen LogP contribution in [-0.2, 0) is 46.1 Å². The van der Waals surface area contributed by atoms with Crippen molar-refractivity contribution in [2.75, 3.05) is 48.6 Å².